The van der Waals surface area contributed by atoms with Crippen LogP contribution >= 0.6 is 11.3 Å². The van der Waals surface area contributed by atoms with Gasteiger partial charge in [0.05, 0.1) is 29.9 Å². The quantitative estimate of drug-likeness (QED) is 0.902. The number of benzene rings is 1. The summed E-state index contributed by atoms with van der Waals surface area (Å²) in [5.74, 6) is 0. The Kier molecular flexibility index (Phi) is 5.48. The molecule has 0 radical (unpaired) electrons. The Morgan fingerprint density at radius 1 is 1.46 bits per heavy atom. The molecule has 5 nitrogen and oxygen atoms in total. The average Bonchev–Trinajstić information content (AvgIpc) is 3.26. The van der Waals surface area contributed by atoms with Crippen molar-refractivity contribution in [2.45, 2.75) is 38.5 Å². The van der Waals surface area contributed by atoms with Crippen LogP contribution in [0.1, 0.15) is 35.0 Å². The minimum Gasteiger partial charge on any atom is -0.376 e. The van der Waals surface area contributed by atoms with Crippen LogP contribution in [0.3, 0.4) is 0 Å². The van der Waals surface area contributed by atoms with E-state index in [0.717, 1.165) is 35.6 Å². The summed E-state index contributed by atoms with van der Waals surface area (Å²) in [7, 11) is 1.81. The molecule has 6 heteroatoms. The molecule has 1 aliphatic heterocycles. The first-order valence-electron chi connectivity index (χ1n) is 8.22. The summed E-state index contributed by atoms with van der Waals surface area (Å²) >= 11 is 1.58. The molecule has 2 aromatic rings. The number of carbonyl (C=O) groups excluding carboxylic acids is 1. The number of aromatic nitrogens is 1. The lowest BCUT2D eigenvalue weighted by Crippen LogP contribution is -2.42. The molecule has 1 saturated heterocycles. The second-order valence-corrected chi connectivity index (χ2v) is 7.05. The number of nitrogens with zero attached hydrogens (tertiary/aromatic N) is 2. The first-order chi connectivity index (χ1) is 11.6. The number of hydrogen-bond donors (Lipinski definition) is 1. The number of aryl methyl sites for hydroxylation is 1. The Morgan fingerprint density at radius 3 is 2.88 bits per heavy atom. The first kappa shape index (κ1) is 16.9. The van der Waals surface area contributed by atoms with Crippen molar-refractivity contribution in [2.75, 3.05) is 13.7 Å². The summed E-state index contributed by atoms with van der Waals surface area (Å²) in [4.78, 5) is 19.7. The van der Waals surface area contributed by atoms with Gasteiger partial charge in [0.15, 0.2) is 0 Å². The van der Waals surface area contributed by atoms with Crippen molar-refractivity contribution >= 4 is 17.4 Å². The van der Waals surface area contributed by atoms with Gasteiger partial charge in [0.1, 0.15) is 0 Å². The fourth-order valence-electron chi connectivity index (χ4n) is 2.93. The summed E-state index contributed by atoms with van der Waals surface area (Å²) in [6, 6.07) is 9.84. The molecule has 1 aromatic carbocycles. The maximum Gasteiger partial charge on any atom is 0.318 e. The van der Waals surface area contributed by atoms with Crippen molar-refractivity contribution in [1.82, 2.24) is 15.2 Å². The number of urea groups is 1. The molecule has 0 unspecified atom stereocenters. The molecular formula is C18H23N3O2S. The van der Waals surface area contributed by atoms with Crippen LogP contribution in [0.2, 0.25) is 0 Å². The van der Waals surface area contributed by atoms with E-state index in [1.165, 1.54) is 0 Å². The van der Waals surface area contributed by atoms with Crippen LogP contribution in [0.5, 0.6) is 0 Å². The van der Waals surface area contributed by atoms with Crippen molar-refractivity contribution in [3.05, 3.63) is 52.0 Å². The van der Waals surface area contributed by atoms with Crippen LogP contribution in [0.15, 0.2) is 35.8 Å². The Hall–Kier alpha value is -1.92. The summed E-state index contributed by atoms with van der Waals surface area (Å²) in [6.07, 6.45) is 2.05. The predicted octanol–water partition coefficient (Wildman–Crippen LogP) is 3.51. The van der Waals surface area contributed by atoms with Crippen LogP contribution in [-0.4, -0.2) is 35.7 Å². The van der Waals surface area contributed by atoms with E-state index in [2.05, 4.69) is 10.3 Å². The van der Waals surface area contributed by atoms with E-state index in [4.69, 9.17) is 4.74 Å². The highest BCUT2D eigenvalue weighted by Crippen LogP contribution is 2.27. The van der Waals surface area contributed by atoms with Gasteiger partial charge >= 0.3 is 6.03 Å². The third kappa shape index (κ3) is 3.94. The zero-order valence-corrected chi connectivity index (χ0v) is 14.9. The average molecular weight is 345 g/mol. The fourth-order valence-corrected chi connectivity index (χ4v) is 3.75. The van der Waals surface area contributed by atoms with E-state index in [1.54, 1.807) is 16.2 Å². The van der Waals surface area contributed by atoms with Crippen molar-refractivity contribution in [3.63, 3.8) is 0 Å². The monoisotopic (exact) mass is 345 g/mol. The molecule has 0 spiro atoms. The molecule has 24 heavy (non-hydrogen) atoms. The van der Waals surface area contributed by atoms with Crippen LogP contribution in [0.4, 0.5) is 4.79 Å². The second kappa shape index (κ2) is 7.77. The maximum absolute atomic E-state index is 12.7. The van der Waals surface area contributed by atoms with Gasteiger partial charge in [0.25, 0.3) is 0 Å². The molecule has 2 atom stereocenters. The summed E-state index contributed by atoms with van der Waals surface area (Å²) in [5.41, 5.74) is 3.88. The number of hydrogen-bond acceptors (Lipinski definition) is 4. The molecule has 0 saturated carbocycles. The molecule has 0 bridgehead atoms. The Balaban J connectivity index is 1.69. The standard InChI is InChI=1S/C18H23N3O2S/c1-13-16(24-12-19-13)11-21(2)18(22)20-17(15-9-6-10-23-15)14-7-4-3-5-8-14/h3-5,7-8,12,15,17H,6,9-11H2,1-2H3,(H,20,22)/t15-,17-/m1/s1. The highest BCUT2D eigenvalue weighted by Gasteiger charge is 2.29. The largest absolute Gasteiger partial charge is 0.376 e. The van der Waals surface area contributed by atoms with Gasteiger partial charge in [-0.15, -0.1) is 11.3 Å². The summed E-state index contributed by atoms with van der Waals surface area (Å²) in [6.45, 7) is 3.30. The van der Waals surface area contributed by atoms with E-state index in [9.17, 15) is 4.79 Å². The molecule has 3 rings (SSSR count). The van der Waals surface area contributed by atoms with Gasteiger partial charge in [-0.3, -0.25) is 0 Å². The highest BCUT2D eigenvalue weighted by molar-refractivity contribution is 7.09. The minimum atomic E-state index is -0.119. The lowest BCUT2D eigenvalue weighted by atomic mass is 9.99. The lowest BCUT2D eigenvalue weighted by Gasteiger charge is -2.27. The van der Waals surface area contributed by atoms with Crippen LogP contribution in [0, 0.1) is 6.92 Å². The summed E-state index contributed by atoms with van der Waals surface area (Å²) in [5, 5.41) is 3.15. The molecule has 1 aromatic heterocycles. The number of carbonyl (C=O) groups is 1. The van der Waals surface area contributed by atoms with Crippen molar-refractivity contribution in [1.29, 1.82) is 0 Å². The third-order valence-electron chi connectivity index (χ3n) is 4.35. The van der Waals surface area contributed by atoms with Gasteiger partial charge in [-0.05, 0) is 25.3 Å². The maximum atomic E-state index is 12.7. The third-order valence-corrected chi connectivity index (χ3v) is 5.27. The molecule has 0 aliphatic carbocycles. The molecule has 128 valence electrons. The molecular weight excluding hydrogens is 322 g/mol. The number of ether oxygens (including phenoxy) is 1. The fraction of sp³-hybridized carbons (Fsp3) is 0.444. The van der Waals surface area contributed by atoms with E-state index in [-0.39, 0.29) is 18.2 Å². The molecule has 1 N–H and O–H groups in total. The predicted molar refractivity (Wildman–Crippen MR) is 95.0 cm³/mol. The SMILES string of the molecule is Cc1ncsc1CN(C)C(=O)N[C@H](c1ccccc1)[C@H]1CCCO1. The zero-order chi connectivity index (χ0) is 16.9. The normalized spacial score (nSPS) is 18.3. The molecule has 1 aliphatic rings. The van der Waals surface area contributed by atoms with E-state index in [1.807, 2.05) is 49.8 Å². The van der Waals surface area contributed by atoms with Gasteiger partial charge in [-0.25, -0.2) is 9.78 Å². The van der Waals surface area contributed by atoms with E-state index >= 15 is 0 Å². The van der Waals surface area contributed by atoms with E-state index in [0.29, 0.717) is 6.54 Å². The van der Waals surface area contributed by atoms with Gasteiger partial charge in [-0.1, -0.05) is 30.3 Å². The van der Waals surface area contributed by atoms with Gasteiger partial charge < -0.3 is 15.0 Å². The zero-order valence-electron chi connectivity index (χ0n) is 14.1. The number of amides is 2. The second-order valence-electron chi connectivity index (χ2n) is 6.11. The van der Waals surface area contributed by atoms with E-state index < -0.39 is 0 Å². The minimum absolute atomic E-state index is 0.0369. The Morgan fingerprint density at radius 2 is 2.25 bits per heavy atom. The Bertz CT molecular complexity index is 668. The van der Waals surface area contributed by atoms with Crippen molar-refractivity contribution in [2.24, 2.45) is 0 Å². The first-order valence-corrected chi connectivity index (χ1v) is 9.10. The Labute approximate surface area is 146 Å². The smallest absolute Gasteiger partial charge is 0.318 e. The molecule has 2 heterocycles. The molecule has 2 amide bonds. The van der Waals surface area contributed by atoms with Crippen LogP contribution in [0.25, 0.3) is 0 Å². The number of thiazole rings is 1. The highest BCUT2D eigenvalue weighted by atomic mass is 32.1. The van der Waals surface area contributed by atoms with Crippen LogP contribution in [-0.2, 0) is 11.3 Å². The van der Waals surface area contributed by atoms with Gasteiger partial charge in [0.2, 0.25) is 0 Å². The number of nitrogens with one attached hydrogen (secondary N) is 1. The topological polar surface area (TPSA) is 54.5 Å². The van der Waals surface area contributed by atoms with Crippen LogP contribution < -0.4 is 5.32 Å². The lowest BCUT2D eigenvalue weighted by molar-refractivity contribution is 0.0785. The van der Waals surface area contributed by atoms with Gasteiger partial charge in [-0.2, -0.15) is 0 Å². The van der Waals surface area contributed by atoms with Crippen molar-refractivity contribution < 1.29 is 9.53 Å². The number of rotatable bonds is 5. The molecule has 1 fully saturated rings. The van der Waals surface area contributed by atoms with Crippen molar-refractivity contribution in [3.8, 4) is 0 Å². The summed E-state index contributed by atoms with van der Waals surface area (Å²) < 4.78 is 5.83. The van der Waals surface area contributed by atoms with Gasteiger partial charge in [0, 0.05) is 18.5 Å².